The Morgan fingerprint density at radius 2 is 2.00 bits per heavy atom. The maximum atomic E-state index is 12.5. The van der Waals surface area contributed by atoms with Crippen LogP contribution >= 0.6 is 0 Å². The van der Waals surface area contributed by atoms with Gasteiger partial charge in [-0.05, 0) is 36.8 Å². The summed E-state index contributed by atoms with van der Waals surface area (Å²) in [4.78, 5) is 16.8. The number of aromatic hydroxyl groups is 1. The van der Waals surface area contributed by atoms with Crippen LogP contribution in [0.2, 0.25) is 0 Å². The van der Waals surface area contributed by atoms with Gasteiger partial charge in [-0.15, -0.1) is 0 Å². The SMILES string of the molecule is CC1=NN(c2ccccc2)C(=O)C1/C=N/c1ccc(CO)cc1O. The molecular weight excluding hydrogens is 306 g/mol. The molecule has 24 heavy (non-hydrogen) atoms. The van der Waals surface area contributed by atoms with Gasteiger partial charge < -0.3 is 10.2 Å². The van der Waals surface area contributed by atoms with E-state index in [1.807, 2.05) is 30.3 Å². The van der Waals surface area contributed by atoms with Crippen LogP contribution in [0.3, 0.4) is 0 Å². The van der Waals surface area contributed by atoms with Crippen molar-refractivity contribution in [2.75, 3.05) is 5.01 Å². The predicted molar refractivity (Wildman–Crippen MR) is 92.7 cm³/mol. The molecule has 0 aromatic heterocycles. The highest BCUT2D eigenvalue weighted by molar-refractivity contribution is 6.23. The smallest absolute Gasteiger partial charge is 0.261 e. The zero-order valence-corrected chi connectivity index (χ0v) is 13.1. The molecule has 1 atom stereocenters. The number of aliphatic imine (C=N–C) groups is 1. The van der Waals surface area contributed by atoms with Gasteiger partial charge in [-0.3, -0.25) is 9.79 Å². The summed E-state index contributed by atoms with van der Waals surface area (Å²) in [6.45, 7) is 1.61. The molecule has 0 saturated heterocycles. The van der Waals surface area contributed by atoms with Gasteiger partial charge in [0.1, 0.15) is 17.4 Å². The Balaban J connectivity index is 1.81. The van der Waals surface area contributed by atoms with E-state index < -0.39 is 5.92 Å². The number of rotatable bonds is 4. The molecule has 2 N–H and O–H groups in total. The van der Waals surface area contributed by atoms with E-state index in [2.05, 4.69) is 10.1 Å². The fraction of sp³-hybridized carbons (Fsp3) is 0.167. The fourth-order valence-corrected chi connectivity index (χ4v) is 2.44. The predicted octanol–water partition coefficient (Wildman–Crippen LogP) is 2.63. The fourth-order valence-electron chi connectivity index (χ4n) is 2.44. The highest BCUT2D eigenvalue weighted by Gasteiger charge is 2.33. The van der Waals surface area contributed by atoms with Crippen molar-refractivity contribution in [3.05, 3.63) is 54.1 Å². The Kier molecular flexibility index (Phi) is 4.39. The average molecular weight is 323 g/mol. The molecule has 0 bridgehead atoms. The van der Waals surface area contributed by atoms with Gasteiger partial charge in [0.2, 0.25) is 0 Å². The van der Waals surface area contributed by atoms with Gasteiger partial charge in [-0.2, -0.15) is 10.1 Å². The summed E-state index contributed by atoms with van der Waals surface area (Å²) < 4.78 is 0. The van der Waals surface area contributed by atoms with Crippen LogP contribution in [0, 0.1) is 5.92 Å². The first-order valence-electron chi connectivity index (χ1n) is 7.51. The minimum Gasteiger partial charge on any atom is -0.506 e. The highest BCUT2D eigenvalue weighted by atomic mass is 16.3. The minimum atomic E-state index is -0.567. The minimum absolute atomic E-state index is 0.0437. The maximum Gasteiger partial charge on any atom is 0.261 e. The van der Waals surface area contributed by atoms with Crippen molar-refractivity contribution in [1.29, 1.82) is 0 Å². The Hall–Kier alpha value is -2.99. The van der Waals surface area contributed by atoms with Crippen molar-refractivity contribution in [1.82, 2.24) is 0 Å². The summed E-state index contributed by atoms with van der Waals surface area (Å²) in [5.41, 5.74) is 2.27. The number of carbonyl (C=O) groups excluding carboxylic acids is 1. The quantitative estimate of drug-likeness (QED) is 0.848. The molecular formula is C18H17N3O3. The van der Waals surface area contributed by atoms with Crippen molar-refractivity contribution in [2.24, 2.45) is 16.0 Å². The number of hydrogen-bond donors (Lipinski definition) is 2. The number of hydrazone groups is 1. The van der Waals surface area contributed by atoms with Crippen LogP contribution in [0.1, 0.15) is 12.5 Å². The van der Waals surface area contributed by atoms with E-state index >= 15 is 0 Å². The van der Waals surface area contributed by atoms with E-state index in [0.29, 0.717) is 22.6 Å². The summed E-state index contributed by atoms with van der Waals surface area (Å²) in [5, 5.41) is 24.6. The first-order valence-corrected chi connectivity index (χ1v) is 7.51. The summed E-state index contributed by atoms with van der Waals surface area (Å²) >= 11 is 0. The molecule has 3 rings (SSSR count). The summed E-state index contributed by atoms with van der Waals surface area (Å²) in [6, 6.07) is 13.9. The van der Waals surface area contributed by atoms with Crippen LogP contribution in [-0.2, 0) is 11.4 Å². The molecule has 2 aromatic rings. The number of anilines is 1. The lowest BCUT2D eigenvalue weighted by Gasteiger charge is -2.12. The molecule has 2 aromatic carbocycles. The summed E-state index contributed by atoms with van der Waals surface area (Å²) in [6.07, 6.45) is 1.48. The topological polar surface area (TPSA) is 85.5 Å². The van der Waals surface area contributed by atoms with Gasteiger partial charge in [-0.1, -0.05) is 24.3 Å². The maximum absolute atomic E-state index is 12.5. The van der Waals surface area contributed by atoms with Gasteiger partial charge in [0.15, 0.2) is 0 Å². The van der Waals surface area contributed by atoms with Crippen LogP contribution in [-0.4, -0.2) is 28.0 Å². The van der Waals surface area contributed by atoms with Gasteiger partial charge in [0.25, 0.3) is 5.91 Å². The molecule has 1 aliphatic rings. The number of nitrogens with zero attached hydrogens (tertiary/aromatic N) is 3. The Morgan fingerprint density at radius 1 is 1.25 bits per heavy atom. The van der Waals surface area contributed by atoms with Crippen molar-refractivity contribution in [2.45, 2.75) is 13.5 Å². The second-order valence-electron chi connectivity index (χ2n) is 5.46. The number of hydrogen-bond acceptors (Lipinski definition) is 5. The molecule has 0 aliphatic carbocycles. The second kappa shape index (κ2) is 6.64. The van der Waals surface area contributed by atoms with Crippen LogP contribution in [0.25, 0.3) is 0 Å². The van der Waals surface area contributed by atoms with E-state index in [-0.39, 0.29) is 18.3 Å². The molecule has 0 radical (unpaired) electrons. The van der Waals surface area contributed by atoms with Crippen molar-refractivity contribution in [3.8, 4) is 5.75 Å². The molecule has 1 unspecified atom stereocenters. The van der Waals surface area contributed by atoms with Crippen molar-refractivity contribution < 1.29 is 15.0 Å². The third-order valence-electron chi connectivity index (χ3n) is 3.77. The lowest BCUT2D eigenvalue weighted by molar-refractivity contribution is -0.118. The van der Waals surface area contributed by atoms with E-state index in [9.17, 15) is 9.90 Å². The molecule has 1 heterocycles. The molecule has 0 saturated carbocycles. The van der Waals surface area contributed by atoms with Gasteiger partial charge in [0.05, 0.1) is 18.0 Å². The Morgan fingerprint density at radius 3 is 2.67 bits per heavy atom. The van der Waals surface area contributed by atoms with Gasteiger partial charge >= 0.3 is 0 Å². The lowest BCUT2D eigenvalue weighted by atomic mass is 10.1. The lowest BCUT2D eigenvalue weighted by Crippen LogP contribution is -2.27. The van der Waals surface area contributed by atoms with Crippen molar-refractivity contribution >= 4 is 29.2 Å². The van der Waals surface area contributed by atoms with Gasteiger partial charge in [-0.25, -0.2) is 0 Å². The molecule has 1 aliphatic heterocycles. The molecule has 0 fully saturated rings. The molecule has 6 nitrogen and oxygen atoms in total. The summed E-state index contributed by atoms with van der Waals surface area (Å²) in [7, 11) is 0. The zero-order chi connectivity index (χ0) is 17.1. The Bertz CT molecular complexity index is 816. The number of carbonyl (C=O) groups is 1. The molecule has 1 amide bonds. The Labute approximate surface area is 139 Å². The number of benzene rings is 2. The standard InChI is InChI=1S/C18H17N3O3/c1-12-15(10-19-16-8-7-13(11-22)9-17(16)23)18(24)21(20-12)14-5-3-2-4-6-14/h2-10,15,22-23H,11H2,1H3/b19-10+. The molecule has 6 heteroatoms. The monoisotopic (exact) mass is 323 g/mol. The van der Waals surface area contributed by atoms with E-state index in [1.165, 1.54) is 17.3 Å². The third kappa shape index (κ3) is 3.04. The first-order chi connectivity index (χ1) is 11.6. The van der Waals surface area contributed by atoms with Gasteiger partial charge in [0, 0.05) is 6.21 Å². The van der Waals surface area contributed by atoms with Crippen LogP contribution < -0.4 is 5.01 Å². The van der Waals surface area contributed by atoms with E-state index in [1.54, 1.807) is 19.1 Å². The van der Waals surface area contributed by atoms with Crippen LogP contribution in [0.4, 0.5) is 11.4 Å². The van der Waals surface area contributed by atoms with E-state index in [4.69, 9.17) is 5.11 Å². The second-order valence-corrected chi connectivity index (χ2v) is 5.46. The largest absolute Gasteiger partial charge is 0.506 e. The zero-order valence-electron chi connectivity index (χ0n) is 13.1. The number of para-hydroxylation sites is 1. The van der Waals surface area contributed by atoms with E-state index in [0.717, 1.165) is 0 Å². The molecule has 0 spiro atoms. The highest BCUT2D eigenvalue weighted by Crippen LogP contribution is 2.28. The number of phenols is 1. The first kappa shape index (κ1) is 15.9. The summed E-state index contributed by atoms with van der Waals surface area (Å²) in [5.74, 6) is -0.797. The number of aliphatic hydroxyl groups excluding tert-OH is 1. The number of phenolic OH excluding ortho intramolecular Hbond substituents is 1. The molecule has 122 valence electrons. The van der Waals surface area contributed by atoms with Crippen LogP contribution in [0.15, 0.2) is 58.6 Å². The third-order valence-corrected chi connectivity index (χ3v) is 3.77. The van der Waals surface area contributed by atoms with Crippen molar-refractivity contribution in [3.63, 3.8) is 0 Å². The normalized spacial score (nSPS) is 17.6. The van der Waals surface area contributed by atoms with Crippen LogP contribution in [0.5, 0.6) is 5.75 Å². The average Bonchev–Trinajstić information content (AvgIpc) is 2.89. The number of aliphatic hydroxyl groups is 1. The number of amides is 1.